The monoisotopic (exact) mass is 286 g/mol. The molecule has 2 aromatic rings. The van der Waals surface area contributed by atoms with Crippen LogP contribution in [0.5, 0.6) is 0 Å². The topological polar surface area (TPSA) is 25.8 Å². The maximum absolute atomic E-state index is 6.07. The van der Waals surface area contributed by atoms with E-state index in [0.717, 1.165) is 11.1 Å². The molecule has 1 aromatic carbocycles. The molecule has 0 aliphatic carbocycles. The molecule has 0 aliphatic heterocycles. The van der Waals surface area contributed by atoms with Crippen molar-refractivity contribution >= 4 is 34.8 Å². The Labute approximate surface area is 115 Å². The summed E-state index contributed by atoms with van der Waals surface area (Å²) in [6.45, 7) is 1.95. The normalized spacial score (nSPS) is 10.6. The van der Waals surface area contributed by atoms with Gasteiger partial charge in [0, 0.05) is 11.1 Å². The lowest BCUT2D eigenvalue weighted by molar-refractivity contribution is 1.05. The van der Waals surface area contributed by atoms with Crippen LogP contribution >= 0.6 is 34.8 Å². The standard InChI is InChI=1S/C12H9Cl3N2/c1-2-7-10(14)16-12(17-11(7)15)8-5-3-4-6-9(8)13/h3-6H,2H2,1H3. The third-order valence-electron chi connectivity index (χ3n) is 2.37. The predicted molar refractivity (Wildman–Crippen MR) is 71.9 cm³/mol. The number of hydrogen-bond donors (Lipinski definition) is 0. The number of halogens is 3. The lowest BCUT2D eigenvalue weighted by Crippen LogP contribution is -1.96. The number of aromatic nitrogens is 2. The second-order valence-corrected chi connectivity index (χ2v) is 4.56. The fourth-order valence-electron chi connectivity index (χ4n) is 1.49. The molecule has 0 aliphatic rings. The molecule has 0 amide bonds. The van der Waals surface area contributed by atoms with Gasteiger partial charge in [-0.25, -0.2) is 9.97 Å². The summed E-state index contributed by atoms with van der Waals surface area (Å²) in [5.74, 6) is 0.447. The largest absolute Gasteiger partial charge is 0.216 e. The Morgan fingerprint density at radius 1 is 1.00 bits per heavy atom. The summed E-state index contributed by atoms with van der Waals surface area (Å²) in [4.78, 5) is 8.44. The Bertz CT molecular complexity index is 532. The molecule has 0 atom stereocenters. The molecule has 2 nitrogen and oxygen atoms in total. The lowest BCUT2D eigenvalue weighted by atomic mass is 10.2. The first kappa shape index (κ1) is 12.6. The Kier molecular flexibility index (Phi) is 3.87. The van der Waals surface area contributed by atoms with Crippen LogP contribution in [0.15, 0.2) is 24.3 Å². The van der Waals surface area contributed by atoms with Crippen LogP contribution in [0.25, 0.3) is 11.4 Å². The highest BCUT2D eigenvalue weighted by molar-refractivity contribution is 6.35. The highest BCUT2D eigenvalue weighted by Gasteiger charge is 2.12. The van der Waals surface area contributed by atoms with Gasteiger partial charge in [0.25, 0.3) is 0 Å². The third-order valence-corrected chi connectivity index (χ3v) is 3.33. The average molecular weight is 288 g/mol. The Morgan fingerprint density at radius 3 is 2.12 bits per heavy atom. The van der Waals surface area contributed by atoms with E-state index >= 15 is 0 Å². The zero-order valence-electron chi connectivity index (χ0n) is 9.04. The molecule has 0 spiro atoms. The minimum absolute atomic E-state index is 0.377. The van der Waals surface area contributed by atoms with Gasteiger partial charge in [0.15, 0.2) is 5.82 Å². The molecule has 0 radical (unpaired) electrons. The molecule has 2 rings (SSSR count). The summed E-state index contributed by atoms with van der Waals surface area (Å²) in [5, 5.41) is 1.33. The van der Waals surface area contributed by atoms with Gasteiger partial charge in [-0.15, -0.1) is 0 Å². The van der Waals surface area contributed by atoms with Gasteiger partial charge in [0.1, 0.15) is 10.3 Å². The summed E-state index contributed by atoms with van der Waals surface area (Å²) < 4.78 is 0. The van der Waals surface area contributed by atoms with Gasteiger partial charge in [0.2, 0.25) is 0 Å². The van der Waals surface area contributed by atoms with Crippen LogP contribution < -0.4 is 0 Å². The van der Waals surface area contributed by atoms with Gasteiger partial charge in [-0.3, -0.25) is 0 Å². The predicted octanol–water partition coefficient (Wildman–Crippen LogP) is 4.67. The van der Waals surface area contributed by atoms with Gasteiger partial charge >= 0.3 is 0 Å². The molecular weight excluding hydrogens is 279 g/mol. The summed E-state index contributed by atoms with van der Waals surface area (Å²) in [5.41, 5.74) is 1.48. The van der Waals surface area contributed by atoms with E-state index in [4.69, 9.17) is 34.8 Å². The second kappa shape index (κ2) is 5.21. The Hall–Kier alpha value is -0.830. The van der Waals surface area contributed by atoms with Crippen LogP contribution in [0.3, 0.4) is 0 Å². The number of rotatable bonds is 2. The van der Waals surface area contributed by atoms with E-state index in [2.05, 4.69) is 9.97 Å². The van der Waals surface area contributed by atoms with Crippen molar-refractivity contribution in [3.8, 4) is 11.4 Å². The Morgan fingerprint density at radius 2 is 1.59 bits per heavy atom. The third kappa shape index (κ3) is 2.54. The van der Waals surface area contributed by atoms with Gasteiger partial charge in [0.05, 0.1) is 5.02 Å². The summed E-state index contributed by atoms with van der Waals surface area (Å²) in [6, 6.07) is 7.31. The Balaban J connectivity index is 2.59. The average Bonchev–Trinajstić information content (AvgIpc) is 2.29. The number of benzene rings is 1. The van der Waals surface area contributed by atoms with Crippen molar-refractivity contribution in [2.24, 2.45) is 0 Å². The number of hydrogen-bond acceptors (Lipinski definition) is 2. The van der Waals surface area contributed by atoms with Crippen molar-refractivity contribution in [3.63, 3.8) is 0 Å². The van der Waals surface area contributed by atoms with E-state index in [1.807, 2.05) is 25.1 Å². The van der Waals surface area contributed by atoms with Crippen LogP contribution in [-0.4, -0.2) is 9.97 Å². The molecule has 0 saturated carbocycles. The molecule has 5 heteroatoms. The van der Waals surface area contributed by atoms with Gasteiger partial charge in [-0.05, 0) is 18.6 Å². The zero-order chi connectivity index (χ0) is 12.4. The smallest absolute Gasteiger partial charge is 0.164 e. The molecule has 0 bridgehead atoms. The van der Waals surface area contributed by atoms with Crippen LogP contribution in [-0.2, 0) is 6.42 Å². The van der Waals surface area contributed by atoms with Crippen LogP contribution in [0, 0.1) is 0 Å². The molecule has 17 heavy (non-hydrogen) atoms. The first-order valence-electron chi connectivity index (χ1n) is 5.10. The molecule has 1 heterocycles. The molecule has 0 N–H and O–H groups in total. The van der Waals surface area contributed by atoms with E-state index in [1.54, 1.807) is 6.07 Å². The SMILES string of the molecule is CCc1c(Cl)nc(-c2ccccc2Cl)nc1Cl. The van der Waals surface area contributed by atoms with Crippen molar-refractivity contribution in [2.75, 3.05) is 0 Å². The minimum Gasteiger partial charge on any atom is -0.216 e. The number of nitrogens with zero attached hydrogens (tertiary/aromatic N) is 2. The zero-order valence-corrected chi connectivity index (χ0v) is 11.3. The molecule has 1 aromatic heterocycles. The summed E-state index contributed by atoms with van der Waals surface area (Å²) in [6.07, 6.45) is 0.695. The summed E-state index contributed by atoms with van der Waals surface area (Å²) >= 11 is 18.2. The van der Waals surface area contributed by atoms with Crippen LogP contribution in [0.2, 0.25) is 15.3 Å². The highest BCUT2D eigenvalue weighted by atomic mass is 35.5. The lowest BCUT2D eigenvalue weighted by Gasteiger charge is -2.07. The summed E-state index contributed by atoms with van der Waals surface area (Å²) in [7, 11) is 0. The first-order valence-corrected chi connectivity index (χ1v) is 6.23. The highest BCUT2D eigenvalue weighted by Crippen LogP contribution is 2.29. The van der Waals surface area contributed by atoms with Crippen molar-refractivity contribution in [1.82, 2.24) is 9.97 Å². The molecule has 0 fully saturated rings. The molecular formula is C12H9Cl3N2. The van der Waals surface area contributed by atoms with Crippen LogP contribution in [0.4, 0.5) is 0 Å². The van der Waals surface area contributed by atoms with Gasteiger partial charge in [-0.2, -0.15) is 0 Å². The van der Waals surface area contributed by atoms with Crippen LogP contribution in [0.1, 0.15) is 12.5 Å². The molecule has 88 valence electrons. The molecule has 0 unspecified atom stereocenters. The van der Waals surface area contributed by atoms with E-state index in [1.165, 1.54) is 0 Å². The van der Waals surface area contributed by atoms with Crippen molar-refractivity contribution in [3.05, 3.63) is 45.2 Å². The maximum Gasteiger partial charge on any atom is 0.164 e. The van der Waals surface area contributed by atoms with Crippen molar-refractivity contribution < 1.29 is 0 Å². The maximum atomic E-state index is 6.07. The van der Waals surface area contributed by atoms with Crippen molar-refractivity contribution in [2.45, 2.75) is 13.3 Å². The van der Waals surface area contributed by atoms with E-state index in [9.17, 15) is 0 Å². The quantitative estimate of drug-likeness (QED) is 0.750. The van der Waals surface area contributed by atoms with Gasteiger partial charge in [-0.1, -0.05) is 53.9 Å². The fourth-order valence-corrected chi connectivity index (χ4v) is 2.36. The first-order chi connectivity index (χ1) is 8.13. The second-order valence-electron chi connectivity index (χ2n) is 3.44. The van der Waals surface area contributed by atoms with E-state index in [-0.39, 0.29) is 0 Å². The molecule has 0 saturated heterocycles. The van der Waals surface area contributed by atoms with E-state index < -0.39 is 0 Å². The van der Waals surface area contributed by atoms with Crippen molar-refractivity contribution in [1.29, 1.82) is 0 Å². The van der Waals surface area contributed by atoms with Gasteiger partial charge < -0.3 is 0 Å². The van der Waals surface area contributed by atoms with E-state index in [0.29, 0.717) is 27.6 Å². The minimum atomic E-state index is 0.377. The fraction of sp³-hybridized carbons (Fsp3) is 0.167.